The predicted octanol–water partition coefficient (Wildman–Crippen LogP) is -4.66. The molecule has 0 amide bonds. The molecule has 3 saturated carbocycles. The van der Waals surface area contributed by atoms with E-state index in [2.05, 4.69) is 0 Å². The Balaban J connectivity index is 1.14. The third-order valence-electron chi connectivity index (χ3n) is 14.8. The third-order valence-corrected chi connectivity index (χ3v) is 14.8. The average Bonchev–Trinajstić information content (AvgIpc) is 3.32. The number of aliphatic hydroxyl groups is 12. The number of carboxylic acids is 1. The molecule has 4 heterocycles. The highest BCUT2D eigenvalue weighted by Crippen LogP contribution is 2.45. The van der Waals surface area contributed by atoms with E-state index in [0.29, 0.717) is 51.4 Å². The van der Waals surface area contributed by atoms with Gasteiger partial charge in [0.25, 0.3) is 0 Å². The molecule has 0 aromatic rings. The lowest BCUT2D eigenvalue weighted by atomic mass is 9.73. The summed E-state index contributed by atoms with van der Waals surface area (Å²) < 4.78 is 53.8. The summed E-state index contributed by atoms with van der Waals surface area (Å²) in [4.78, 5) is 35.9. The molecule has 0 radical (unpaired) electrons. The van der Waals surface area contributed by atoms with Gasteiger partial charge in [-0.2, -0.15) is 0 Å². The number of ether oxygens (including phenoxy) is 9. The third kappa shape index (κ3) is 13.4. The summed E-state index contributed by atoms with van der Waals surface area (Å²) in [6, 6.07) is 0. The number of fused-ring (bicyclic) bond motifs is 1. The molecule has 7 aliphatic rings. The monoisotopic (exact) mass is 1010 g/mol. The lowest BCUT2D eigenvalue weighted by molar-refractivity contribution is -0.380. The lowest BCUT2D eigenvalue weighted by Crippen LogP contribution is -2.66. The summed E-state index contributed by atoms with van der Waals surface area (Å²) >= 11 is 0. The Morgan fingerprint density at radius 2 is 1.07 bits per heavy atom. The molecular formula is C45H70O25. The van der Waals surface area contributed by atoms with E-state index in [-0.39, 0.29) is 31.1 Å². The zero-order valence-electron chi connectivity index (χ0n) is 38.4. The first-order valence-corrected chi connectivity index (χ1v) is 24.2. The molecule has 70 heavy (non-hydrogen) atoms. The van der Waals surface area contributed by atoms with Crippen LogP contribution in [0.4, 0.5) is 0 Å². The molecule has 21 atom stereocenters. The Labute approximate surface area is 402 Å². The molecule has 3 aliphatic carbocycles. The van der Waals surface area contributed by atoms with Gasteiger partial charge in [-0.3, -0.25) is 9.59 Å². The van der Waals surface area contributed by atoms with Crippen LogP contribution in [0.2, 0.25) is 0 Å². The molecule has 7 fully saturated rings. The van der Waals surface area contributed by atoms with Crippen molar-refractivity contribution in [1.82, 2.24) is 0 Å². The van der Waals surface area contributed by atoms with Crippen molar-refractivity contribution in [3.05, 3.63) is 12.2 Å². The molecule has 13 N–H and O–H groups in total. The second kappa shape index (κ2) is 24.6. The zero-order chi connectivity index (χ0) is 50.6. The van der Waals surface area contributed by atoms with E-state index < -0.39 is 185 Å². The predicted molar refractivity (Wildman–Crippen MR) is 227 cm³/mol. The van der Waals surface area contributed by atoms with Gasteiger partial charge in [0.1, 0.15) is 92.9 Å². The van der Waals surface area contributed by atoms with Crippen molar-refractivity contribution in [1.29, 1.82) is 0 Å². The van der Waals surface area contributed by atoms with Crippen molar-refractivity contribution in [2.24, 2.45) is 17.8 Å². The van der Waals surface area contributed by atoms with Gasteiger partial charge in [-0.15, -0.1) is 0 Å². The molecule has 0 bridgehead atoms. The molecule has 7 rings (SSSR count). The fourth-order valence-electron chi connectivity index (χ4n) is 10.7. The van der Waals surface area contributed by atoms with E-state index in [9.17, 15) is 75.7 Å². The van der Waals surface area contributed by atoms with Crippen LogP contribution in [-0.4, -0.2) is 239 Å². The SMILES string of the molecule is O=C(O)CC(=O)OCC1OC(OC2CC(O)CC3OC(C4CCC(O)CC4)C(OC4OC(COC(=O)C=CC5CCC(O)CC5)C(O)C(O)C4OC4OC(CO)C(O)C(O)C4O)CC23)C(O)C(O)C1O. The summed E-state index contributed by atoms with van der Waals surface area (Å²) in [7, 11) is 0. The summed E-state index contributed by atoms with van der Waals surface area (Å²) in [5.74, 6) is -4.36. The standard InChI is InChI=1S/C45H70O25/c46-15-27-33(54)36(57)40(61)44(67-27)70-42-38(59)35(56)29(16-62-31(52)10-3-18-1-6-20(47)7-2-18)69-45(42)66-26-13-23-24(64-41(26)19-4-8-21(48)9-5-19)11-22(49)12-25(23)65-43-39(60)37(58)34(55)28(68-43)17-63-32(53)14-30(50)51/h3,10,18-29,33-49,54-61H,1-2,4-9,11-17H2,(H,50,51). The summed E-state index contributed by atoms with van der Waals surface area (Å²) in [6.45, 7) is -2.14. The van der Waals surface area contributed by atoms with Crippen LogP contribution in [-0.2, 0) is 57.0 Å². The number of aliphatic hydroxyl groups excluding tert-OH is 12. The fraction of sp³-hybridized carbons (Fsp3) is 0.889. The number of carboxylic acid groups (broad SMARTS) is 1. The zero-order valence-corrected chi connectivity index (χ0v) is 38.4. The van der Waals surface area contributed by atoms with Crippen molar-refractivity contribution in [2.45, 2.75) is 212 Å². The minimum atomic E-state index is -1.96. The fourth-order valence-corrected chi connectivity index (χ4v) is 10.7. The number of hydrogen-bond acceptors (Lipinski definition) is 24. The number of carbonyl (C=O) groups excluding carboxylic acids is 2. The highest BCUT2D eigenvalue weighted by Gasteiger charge is 2.56. The van der Waals surface area contributed by atoms with Gasteiger partial charge in [0, 0.05) is 18.4 Å². The average molecular weight is 1010 g/mol. The normalized spacial score (nSPS) is 47.0. The Bertz CT molecular complexity index is 1720. The van der Waals surface area contributed by atoms with Crippen LogP contribution in [0.5, 0.6) is 0 Å². The molecule has 21 unspecified atom stereocenters. The Morgan fingerprint density at radius 3 is 1.70 bits per heavy atom. The summed E-state index contributed by atoms with van der Waals surface area (Å²) in [5.41, 5.74) is 0. The van der Waals surface area contributed by atoms with Crippen molar-refractivity contribution in [2.75, 3.05) is 19.8 Å². The maximum atomic E-state index is 12.9. The Kier molecular flexibility index (Phi) is 19.4. The first kappa shape index (κ1) is 55.1. The highest BCUT2D eigenvalue weighted by molar-refractivity contribution is 5.90. The number of esters is 2. The number of hydrogen-bond donors (Lipinski definition) is 13. The number of aliphatic carboxylic acids is 1. The largest absolute Gasteiger partial charge is 0.481 e. The van der Waals surface area contributed by atoms with E-state index in [1.165, 1.54) is 6.08 Å². The van der Waals surface area contributed by atoms with Gasteiger partial charge < -0.3 is 109 Å². The van der Waals surface area contributed by atoms with E-state index in [4.69, 9.17) is 47.7 Å². The smallest absolute Gasteiger partial charge is 0.330 e. The maximum Gasteiger partial charge on any atom is 0.330 e. The summed E-state index contributed by atoms with van der Waals surface area (Å²) in [5, 5.41) is 138. The van der Waals surface area contributed by atoms with Gasteiger partial charge in [0.05, 0.1) is 49.3 Å². The van der Waals surface area contributed by atoms with Gasteiger partial charge >= 0.3 is 17.9 Å². The van der Waals surface area contributed by atoms with Crippen LogP contribution in [0.25, 0.3) is 0 Å². The number of carbonyl (C=O) groups is 3. The van der Waals surface area contributed by atoms with Crippen LogP contribution in [0.15, 0.2) is 12.2 Å². The Hall–Kier alpha value is -2.61. The molecule has 0 spiro atoms. The number of allylic oxidation sites excluding steroid dienone is 1. The second-order valence-corrected chi connectivity index (χ2v) is 19.7. The molecule has 400 valence electrons. The van der Waals surface area contributed by atoms with Gasteiger partial charge in [-0.05, 0) is 76.0 Å². The van der Waals surface area contributed by atoms with Gasteiger partial charge in [-0.1, -0.05) is 6.08 Å². The quantitative estimate of drug-likeness (QED) is 0.0393. The van der Waals surface area contributed by atoms with Gasteiger partial charge in [-0.25, -0.2) is 4.79 Å². The lowest BCUT2D eigenvalue weighted by Gasteiger charge is -2.52. The van der Waals surface area contributed by atoms with Crippen LogP contribution >= 0.6 is 0 Å². The molecule has 4 saturated heterocycles. The molecular weight excluding hydrogens is 940 g/mol. The van der Waals surface area contributed by atoms with E-state index in [1.807, 2.05) is 0 Å². The second-order valence-electron chi connectivity index (χ2n) is 19.7. The molecule has 25 heteroatoms. The summed E-state index contributed by atoms with van der Waals surface area (Å²) in [6.07, 6.45) is -25.8. The van der Waals surface area contributed by atoms with Gasteiger partial charge in [0.2, 0.25) is 0 Å². The van der Waals surface area contributed by atoms with Crippen molar-refractivity contribution in [3.63, 3.8) is 0 Å². The van der Waals surface area contributed by atoms with Crippen molar-refractivity contribution < 1.29 is 123 Å². The molecule has 25 nitrogen and oxygen atoms in total. The van der Waals surface area contributed by atoms with Crippen LogP contribution < -0.4 is 0 Å². The molecule has 4 aliphatic heterocycles. The number of rotatable bonds is 16. The topological polar surface area (TPSA) is 397 Å². The molecule has 0 aromatic heterocycles. The van der Waals surface area contributed by atoms with Crippen molar-refractivity contribution >= 4 is 17.9 Å². The van der Waals surface area contributed by atoms with E-state index in [0.717, 1.165) is 0 Å². The van der Waals surface area contributed by atoms with Crippen LogP contribution in [0.3, 0.4) is 0 Å². The minimum absolute atomic E-state index is 0.0302. The first-order valence-electron chi connectivity index (χ1n) is 24.2. The van der Waals surface area contributed by atoms with E-state index in [1.54, 1.807) is 6.08 Å². The van der Waals surface area contributed by atoms with Crippen LogP contribution in [0, 0.1) is 17.8 Å². The van der Waals surface area contributed by atoms with E-state index >= 15 is 0 Å². The minimum Gasteiger partial charge on any atom is -0.481 e. The van der Waals surface area contributed by atoms with Crippen LogP contribution in [0.1, 0.15) is 77.0 Å². The highest BCUT2D eigenvalue weighted by atomic mass is 16.8. The first-order chi connectivity index (χ1) is 33.3. The van der Waals surface area contributed by atoms with Gasteiger partial charge in [0.15, 0.2) is 18.9 Å². The maximum absolute atomic E-state index is 12.9. The van der Waals surface area contributed by atoms with Crippen molar-refractivity contribution in [3.8, 4) is 0 Å². The Morgan fingerprint density at radius 1 is 0.529 bits per heavy atom. The molecule has 0 aromatic carbocycles.